The molecule has 1 amide bonds. The number of anilines is 1. The van der Waals surface area contributed by atoms with Crippen molar-refractivity contribution in [2.45, 2.75) is 5.92 Å². The number of H-pyrrole nitrogens is 1. The topological polar surface area (TPSA) is 67.3 Å². The quantitative estimate of drug-likeness (QED) is 0.328. The molecule has 7 heteroatoms. The Morgan fingerprint density at radius 3 is 2.63 bits per heavy atom. The Bertz CT molecular complexity index is 1600. The summed E-state index contributed by atoms with van der Waals surface area (Å²) in [6.07, 6.45) is 1.79. The zero-order chi connectivity index (χ0) is 24.1. The first-order valence-electron chi connectivity index (χ1n) is 11.4. The van der Waals surface area contributed by atoms with Crippen LogP contribution in [-0.4, -0.2) is 40.9 Å². The molecule has 174 valence electrons. The first kappa shape index (κ1) is 21.5. The number of hydrogen-bond acceptors (Lipinski definition) is 3. The number of fused-ring (bicyclic) bond motifs is 4. The molecular weight excluding hydrogens is 462 g/mol. The minimum absolute atomic E-state index is 0.0357. The standard InChI is InChI=1S/C28H22ClN3O3/c1-35-20-7-8-22-18(13-20)14-23(30-22)28(34)32-16-19(15-29)26-21-11-12-31(24(21)9-10-25(26)32)27(33)17-5-3-2-4-6-17/h2-14,19,30H,15-16H2,1H3. The lowest BCUT2D eigenvalue weighted by Crippen LogP contribution is -2.30. The monoisotopic (exact) mass is 483 g/mol. The zero-order valence-corrected chi connectivity index (χ0v) is 19.8. The Morgan fingerprint density at radius 2 is 1.86 bits per heavy atom. The predicted molar refractivity (Wildman–Crippen MR) is 138 cm³/mol. The number of carbonyl (C=O) groups is 2. The molecule has 1 aliphatic heterocycles. The van der Waals surface area contributed by atoms with Crippen LogP contribution in [0.2, 0.25) is 0 Å². The number of alkyl halides is 1. The van der Waals surface area contributed by atoms with E-state index in [1.165, 1.54) is 0 Å². The first-order valence-corrected chi connectivity index (χ1v) is 11.9. The van der Waals surface area contributed by atoms with Gasteiger partial charge in [-0.1, -0.05) is 18.2 Å². The van der Waals surface area contributed by atoms with Crippen LogP contribution in [0, 0.1) is 0 Å². The van der Waals surface area contributed by atoms with Gasteiger partial charge in [0.2, 0.25) is 0 Å². The van der Waals surface area contributed by atoms with Crippen LogP contribution >= 0.6 is 11.6 Å². The van der Waals surface area contributed by atoms with E-state index < -0.39 is 0 Å². The fraction of sp³-hybridized carbons (Fsp3) is 0.143. The van der Waals surface area contributed by atoms with Crippen LogP contribution in [0.25, 0.3) is 21.8 Å². The summed E-state index contributed by atoms with van der Waals surface area (Å²) in [5.41, 5.74) is 4.63. The van der Waals surface area contributed by atoms with Crippen LogP contribution in [0.1, 0.15) is 32.3 Å². The van der Waals surface area contributed by atoms with Crippen molar-refractivity contribution in [2.75, 3.05) is 24.4 Å². The van der Waals surface area contributed by atoms with Gasteiger partial charge in [-0.25, -0.2) is 0 Å². The highest BCUT2D eigenvalue weighted by Gasteiger charge is 2.35. The molecule has 6 nitrogen and oxygen atoms in total. The minimum atomic E-state index is -0.117. The SMILES string of the molecule is COc1ccc2[nH]c(C(=O)N3CC(CCl)c4c3ccc3c4ccn3C(=O)c3ccccc3)cc2c1. The molecule has 1 aliphatic rings. The number of carbonyl (C=O) groups excluding carboxylic acids is 2. The van der Waals surface area contributed by atoms with Crippen molar-refractivity contribution in [3.05, 3.63) is 95.8 Å². The lowest BCUT2D eigenvalue weighted by atomic mass is 9.99. The third-order valence-corrected chi connectivity index (χ3v) is 7.09. The van der Waals surface area contributed by atoms with Gasteiger partial charge in [-0.15, -0.1) is 11.6 Å². The van der Waals surface area contributed by atoms with E-state index in [0.29, 0.717) is 23.7 Å². The second kappa shape index (κ2) is 8.32. The van der Waals surface area contributed by atoms with Gasteiger partial charge < -0.3 is 14.6 Å². The van der Waals surface area contributed by atoms with E-state index in [2.05, 4.69) is 4.98 Å². The summed E-state index contributed by atoms with van der Waals surface area (Å²) in [6, 6.07) is 22.5. The first-order chi connectivity index (χ1) is 17.1. The van der Waals surface area contributed by atoms with E-state index in [1.807, 2.05) is 60.7 Å². The van der Waals surface area contributed by atoms with E-state index in [1.54, 1.807) is 34.9 Å². The van der Waals surface area contributed by atoms with Crippen LogP contribution in [0.15, 0.2) is 79.0 Å². The van der Waals surface area contributed by atoms with E-state index in [-0.39, 0.29) is 17.7 Å². The van der Waals surface area contributed by atoms with Crippen molar-refractivity contribution in [3.8, 4) is 5.75 Å². The lowest BCUT2D eigenvalue weighted by molar-refractivity contribution is 0.0962. The van der Waals surface area contributed by atoms with Crippen molar-refractivity contribution in [3.63, 3.8) is 0 Å². The fourth-order valence-corrected chi connectivity index (χ4v) is 5.27. The second-order valence-corrected chi connectivity index (χ2v) is 9.00. The number of nitrogens with one attached hydrogen (secondary N) is 1. The third kappa shape index (κ3) is 3.41. The number of hydrogen-bond donors (Lipinski definition) is 1. The van der Waals surface area contributed by atoms with Gasteiger partial charge in [0.25, 0.3) is 11.8 Å². The molecule has 3 heterocycles. The number of benzene rings is 3. The van der Waals surface area contributed by atoms with Gasteiger partial charge in [-0.2, -0.15) is 0 Å². The maximum Gasteiger partial charge on any atom is 0.274 e. The number of nitrogens with zero attached hydrogens (tertiary/aromatic N) is 2. The number of halogens is 1. The van der Waals surface area contributed by atoms with Gasteiger partial charge in [0.15, 0.2) is 0 Å². The normalized spacial score (nSPS) is 15.0. The number of aromatic amines is 1. The molecular formula is C28H22ClN3O3. The summed E-state index contributed by atoms with van der Waals surface area (Å²) in [6.45, 7) is 0.479. The Kier molecular flexibility index (Phi) is 5.11. The molecule has 0 spiro atoms. The molecule has 6 rings (SSSR count). The van der Waals surface area contributed by atoms with Crippen LogP contribution in [0.3, 0.4) is 0 Å². The molecule has 3 aromatic carbocycles. The number of ether oxygens (including phenoxy) is 1. The number of aromatic nitrogens is 2. The van der Waals surface area contributed by atoms with Gasteiger partial charge in [-0.3, -0.25) is 14.2 Å². The maximum absolute atomic E-state index is 13.6. The largest absolute Gasteiger partial charge is 0.497 e. The summed E-state index contributed by atoms with van der Waals surface area (Å²) in [5.74, 6) is 0.862. The van der Waals surface area contributed by atoms with Gasteiger partial charge in [0.1, 0.15) is 11.4 Å². The van der Waals surface area contributed by atoms with Gasteiger partial charge in [-0.05, 0) is 60.2 Å². The molecule has 0 aliphatic carbocycles. The molecule has 2 aromatic heterocycles. The summed E-state index contributed by atoms with van der Waals surface area (Å²) in [5, 5.41) is 1.85. The molecule has 5 aromatic rings. The molecule has 0 saturated carbocycles. The Labute approximate surface area is 206 Å². The minimum Gasteiger partial charge on any atom is -0.497 e. The summed E-state index contributed by atoms with van der Waals surface area (Å²) in [7, 11) is 1.62. The molecule has 35 heavy (non-hydrogen) atoms. The van der Waals surface area contributed by atoms with Crippen LogP contribution in [0.4, 0.5) is 5.69 Å². The molecule has 1 atom stereocenters. The second-order valence-electron chi connectivity index (χ2n) is 8.69. The van der Waals surface area contributed by atoms with Gasteiger partial charge in [0.05, 0.1) is 12.6 Å². The molecule has 1 unspecified atom stereocenters. The molecule has 0 fully saturated rings. The number of methoxy groups -OCH3 is 1. The summed E-state index contributed by atoms with van der Waals surface area (Å²) in [4.78, 5) is 31.7. The van der Waals surface area contributed by atoms with E-state index >= 15 is 0 Å². The Hall–Kier alpha value is -4.03. The fourth-order valence-electron chi connectivity index (χ4n) is 5.02. The Balaban J connectivity index is 1.41. The van der Waals surface area contributed by atoms with Gasteiger partial charge >= 0.3 is 0 Å². The molecule has 0 saturated heterocycles. The van der Waals surface area contributed by atoms with Crippen LogP contribution < -0.4 is 9.64 Å². The van der Waals surface area contributed by atoms with Crippen molar-refractivity contribution in [2.24, 2.45) is 0 Å². The molecule has 0 bridgehead atoms. The highest BCUT2D eigenvalue weighted by Crippen LogP contribution is 2.43. The average Bonchev–Trinajstić information content (AvgIpc) is 3.62. The van der Waals surface area contributed by atoms with Crippen molar-refractivity contribution >= 4 is 50.9 Å². The van der Waals surface area contributed by atoms with Crippen LogP contribution in [-0.2, 0) is 0 Å². The molecule has 0 radical (unpaired) electrons. The van der Waals surface area contributed by atoms with Crippen molar-refractivity contribution in [1.29, 1.82) is 0 Å². The zero-order valence-electron chi connectivity index (χ0n) is 19.0. The molecule has 1 N–H and O–H groups in total. The highest BCUT2D eigenvalue weighted by atomic mass is 35.5. The summed E-state index contributed by atoms with van der Waals surface area (Å²) < 4.78 is 6.96. The third-order valence-electron chi connectivity index (χ3n) is 6.72. The van der Waals surface area contributed by atoms with E-state index in [0.717, 1.165) is 38.8 Å². The average molecular weight is 484 g/mol. The van der Waals surface area contributed by atoms with Crippen molar-refractivity contribution < 1.29 is 14.3 Å². The maximum atomic E-state index is 13.6. The highest BCUT2D eigenvalue weighted by molar-refractivity contribution is 6.19. The van der Waals surface area contributed by atoms with Crippen LogP contribution in [0.5, 0.6) is 5.75 Å². The van der Waals surface area contributed by atoms with E-state index in [4.69, 9.17) is 16.3 Å². The Morgan fingerprint density at radius 1 is 1.03 bits per heavy atom. The number of rotatable bonds is 4. The summed E-state index contributed by atoms with van der Waals surface area (Å²) >= 11 is 6.38. The van der Waals surface area contributed by atoms with Crippen molar-refractivity contribution in [1.82, 2.24) is 9.55 Å². The predicted octanol–water partition coefficient (Wildman–Crippen LogP) is 5.80. The lowest BCUT2D eigenvalue weighted by Gasteiger charge is -2.17. The smallest absolute Gasteiger partial charge is 0.274 e. The van der Waals surface area contributed by atoms with Gasteiger partial charge in [0, 0.05) is 52.1 Å². The van der Waals surface area contributed by atoms with E-state index in [9.17, 15) is 9.59 Å². The number of amides is 1.